The summed E-state index contributed by atoms with van der Waals surface area (Å²) in [6.45, 7) is -0.202. The van der Waals surface area contributed by atoms with Gasteiger partial charge in [-0.3, -0.25) is 0 Å². The van der Waals surface area contributed by atoms with Crippen molar-refractivity contribution in [1.29, 1.82) is 0 Å². The van der Waals surface area contributed by atoms with Crippen molar-refractivity contribution in [3.8, 4) is 0 Å². The van der Waals surface area contributed by atoms with Gasteiger partial charge in [0.25, 0.3) is 5.92 Å². The van der Waals surface area contributed by atoms with Crippen molar-refractivity contribution in [3.63, 3.8) is 0 Å². The van der Waals surface area contributed by atoms with Gasteiger partial charge in [0, 0.05) is 5.56 Å². The summed E-state index contributed by atoms with van der Waals surface area (Å²) in [6, 6.07) is 4.85. The molecule has 0 saturated heterocycles. The van der Waals surface area contributed by atoms with E-state index in [2.05, 4.69) is 0 Å². The van der Waals surface area contributed by atoms with Crippen molar-refractivity contribution in [3.05, 3.63) is 35.6 Å². The Morgan fingerprint density at radius 3 is 2.33 bits per heavy atom. The quantitative estimate of drug-likeness (QED) is 0.811. The predicted octanol–water partition coefficient (Wildman–Crippen LogP) is 1.63. The summed E-state index contributed by atoms with van der Waals surface area (Å²) in [7, 11) is 0. The lowest BCUT2D eigenvalue weighted by atomic mass is 9.89. The van der Waals surface area contributed by atoms with Crippen LogP contribution in [0.2, 0.25) is 0 Å². The largest absolute Gasteiger partial charge is 0.379 e. The molecule has 0 amide bonds. The van der Waals surface area contributed by atoms with Gasteiger partial charge in [-0.2, -0.15) is 0 Å². The molecule has 1 aromatic carbocycles. The number of aliphatic hydroxyl groups is 1. The summed E-state index contributed by atoms with van der Waals surface area (Å²) in [4.78, 5) is 0. The summed E-state index contributed by atoms with van der Waals surface area (Å²) in [5.74, 6) is -4.45. The Labute approximate surface area is 85.5 Å². The van der Waals surface area contributed by atoms with E-state index in [-0.39, 0.29) is 0 Å². The second kappa shape index (κ2) is 3.83. The molecule has 0 heterocycles. The van der Waals surface area contributed by atoms with E-state index in [0.717, 1.165) is 19.1 Å². The van der Waals surface area contributed by atoms with E-state index in [9.17, 15) is 18.3 Å². The van der Waals surface area contributed by atoms with Crippen molar-refractivity contribution >= 4 is 0 Å². The molecule has 1 unspecified atom stereocenters. The minimum Gasteiger partial charge on any atom is -0.379 e. The lowest BCUT2D eigenvalue weighted by Gasteiger charge is -2.32. The van der Waals surface area contributed by atoms with E-state index in [1.807, 2.05) is 0 Å². The molecule has 0 aliphatic heterocycles. The Hall–Kier alpha value is -1.07. The van der Waals surface area contributed by atoms with Gasteiger partial charge in [0.2, 0.25) is 0 Å². The van der Waals surface area contributed by atoms with Crippen LogP contribution in [-0.2, 0) is 5.60 Å². The van der Waals surface area contributed by atoms with Gasteiger partial charge in [0.15, 0.2) is 5.60 Å². The van der Waals surface area contributed by atoms with Gasteiger partial charge < -0.3 is 10.8 Å². The van der Waals surface area contributed by atoms with Gasteiger partial charge >= 0.3 is 0 Å². The van der Waals surface area contributed by atoms with Crippen LogP contribution >= 0.6 is 0 Å². The first kappa shape index (κ1) is 12.0. The van der Waals surface area contributed by atoms with Crippen LogP contribution in [0, 0.1) is 5.82 Å². The van der Waals surface area contributed by atoms with E-state index in [0.29, 0.717) is 0 Å². The third-order valence-electron chi connectivity index (χ3n) is 2.37. The third kappa shape index (κ3) is 1.98. The van der Waals surface area contributed by atoms with Crippen LogP contribution < -0.4 is 5.73 Å². The minimum atomic E-state index is -3.57. The number of benzene rings is 1. The lowest BCUT2D eigenvalue weighted by Crippen LogP contribution is -2.48. The first-order valence-corrected chi connectivity index (χ1v) is 4.38. The lowest BCUT2D eigenvalue weighted by molar-refractivity contribution is -0.171. The van der Waals surface area contributed by atoms with Crippen LogP contribution in [-0.4, -0.2) is 17.6 Å². The molecule has 0 saturated carbocycles. The molecular weight excluding hydrogens is 207 g/mol. The number of rotatable bonds is 3. The van der Waals surface area contributed by atoms with Crippen molar-refractivity contribution in [2.45, 2.75) is 18.4 Å². The average molecular weight is 219 g/mol. The molecule has 3 N–H and O–H groups in total. The van der Waals surface area contributed by atoms with Crippen molar-refractivity contribution in [2.75, 3.05) is 6.54 Å². The Morgan fingerprint density at radius 1 is 1.33 bits per heavy atom. The smallest absolute Gasteiger partial charge is 0.292 e. The summed E-state index contributed by atoms with van der Waals surface area (Å²) in [5.41, 5.74) is 1.79. The number of halogens is 3. The molecule has 2 nitrogen and oxygen atoms in total. The standard InChI is InChI=1S/C10H12F3NO/c1-9(15,10(12,13)6-14)7-4-2-3-5-8(7)11/h2-5,15H,6,14H2,1H3. The molecule has 0 aliphatic carbocycles. The highest BCUT2D eigenvalue weighted by Crippen LogP contribution is 2.37. The Bertz CT molecular complexity index is 352. The fourth-order valence-corrected chi connectivity index (χ4v) is 1.25. The molecule has 5 heteroatoms. The molecular formula is C10H12F3NO. The Kier molecular flexibility index (Phi) is 3.06. The molecule has 0 aliphatic rings. The molecule has 84 valence electrons. The number of nitrogens with two attached hydrogens (primary N) is 1. The third-order valence-corrected chi connectivity index (χ3v) is 2.37. The maximum atomic E-state index is 13.3. The molecule has 1 rings (SSSR count). The van der Waals surface area contributed by atoms with Crippen molar-refractivity contribution in [2.24, 2.45) is 5.73 Å². The Balaban J connectivity index is 3.22. The van der Waals surface area contributed by atoms with Crippen molar-refractivity contribution in [1.82, 2.24) is 0 Å². The maximum absolute atomic E-state index is 13.3. The van der Waals surface area contributed by atoms with Crippen LogP contribution in [0.4, 0.5) is 13.2 Å². The number of hydrogen-bond donors (Lipinski definition) is 2. The van der Waals surface area contributed by atoms with Gasteiger partial charge in [-0.25, -0.2) is 13.2 Å². The highest BCUT2D eigenvalue weighted by molar-refractivity contribution is 5.26. The van der Waals surface area contributed by atoms with Gasteiger partial charge in [0.1, 0.15) is 5.82 Å². The maximum Gasteiger partial charge on any atom is 0.292 e. The van der Waals surface area contributed by atoms with E-state index >= 15 is 0 Å². The van der Waals surface area contributed by atoms with E-state index in [1.54, 1.807) is 0 Å². The van der Waals surface area contributed by atoms with Crippen LogP contribution in [0.1, 0.15) is 12.5 Å². The zero-order chi connectivity index (χ0) is 11.7. The van der Waals surface area contributed by atoms with Gasteiger partial charge in [-0.05, 0) is 13.0 Å². The first-order chi connectivity index (χ1) is 6.83. The monoisotopic (exact) mass is 219 g/mol. The summed E-state index contributed by atoms with van der Waals surface area (Å²) in [5, 5.41) is 9.62. The highest BCUT2D eigenvalue weighted by atomic mass is 19.3. The minimum absolute atomic E-state index is 0.458. The first-order valence-electron chi connectivity index (χ1n) is 4.38. The normalized spacial score (nSPS) is 16.1. The van der Waals surface area contributed by atoms with Crippen molar-refractivity contribution < 1.29 is 18.3 Å². The predicted molar refractivity (Wildman–Crippen MR) is 50.0 cm³/mol. The molecule has 0 fully saturated rings. The molecule has 0 radical (unpaired) electrons. The molecule has 1 atom stereocenters. The zero-order valence-corrected chi connectivity index (χ0v) is 8.17. The van der Waals surface area contributed by atoms with Gasteiger partial charge in [0.05, 0.1) is 6.54 Å². The van der Waals surface area contributed by atoms with Gasteiger partial charge in [-0.15, -0.1) is 0 Å². The van der Waals surface area contributed by atoms with E-state index < -0.39 is 29.4 Å². The summed E-state index contributed by atoms with van der Waals surface area (Å²) < 4.78 is 39.7. The molecule has 0 bridgehead atoms. The molecule has 0 aromatic heterocycles. The van der Waals surface area contributed by atoms with E-state index in [1.165, 1.54) is 12.1 Å². The topological polar surface area (TPSA) is 46.2 Å². The second-order valence-electron chi connectivity index (χ2n) is 3.46. The van der Waals surface area contributed by atoms with Crippen LogP contribution in [0.5, 0.6) is 0 Å². The van der Waals surface area contributed by atoms with Crippen LogP contribution in [0.25, 0.3) is 0 Å². The highest BCUT2D eigenvalue weighted by Gasteiger charge is 2.50. The zero-order valence-electron chi connectivity index (χ0n) is 8.17. The summed E-state index contributed by atoms with van der Waals surface area (Å²) >= 11 is 0. The fraction of sp³-hybridized carbons (Fsp3) is 0.400. The van der Waals surface area contributed by atoms with Crippen LogP contribution in [0.3, 0.4) is 0 Å². The van der Waals surface area contributed by atoms with Crippen LogP contribution in [0.15, 0.2) is 24.3 Å². The average Bonchev–Trinajstić information content (AvgIpc) is 2.18. The molecule has 1 aromatic rings. The fourth-order valence-electron chi connectivity index (χ4n) is 1.25. The second-order valence-corrected chi connectivity index (χ2v) is 3.46. The summed E-state index contributed by atoms with van der Waals surface area (Å²) in [6.07, 6.45) is 0. The SMILES string of the molecule is CC(O)(c1ccccc1F)C(F)(F)CN. The number of hydrogen-bond acceptors (Lipinski definition) is 2. The number of alkyl halides is 2. The Morgan fingerprint density at radius 2 is 1.87 bits per heavy atom. The molecule has 0 spiro atoms. The molecule has 15 heavy (non-hydrogen) atoms. The van der Waals surface area contributed by atoms with Gasteiger partial charge in [-0.1, -0.05) is 18.2 Å². The van der Waals surface area contributed by atoms with E-state index in [4.69, 9.17) is 5.73 Å².